The van der Waals surface area contributed by atoms with Gasteiger partial charge in [-0.2, -0.15) is 4.98 Å². The second-order valence-corrected chi connectivity index (χ2v) is 6.19. The Morgan fingerprint density at radius 1 is 1.14 bits per heavy atom. The van der Waals surface area contributed by atoms with Crippen LogP contribution < -0.4 is 15.4 Å². The molecule has 8 nitrogen and oxygen atoms in total. The summed E-state index contributed by atoms with van der Waals surface area (Å²) in [6.07, 6.45) is 0. The van der Waals surface area contributed by atoms with Gasteiger partial charge in [-0.25, -0.2) is 0 Å². The topological polar surface area (TPSA) is 106 Å². The van der Waals surface area contributed by atoms with Crippen molar-refractivity contribution in [3.63, 3.8) is 0 Å². The maximum Gasteiger partial charge on any atom is 0.316 e. The lowest BCUT2D eigenvalue weighted by atomic mass is 10.2. The van der Waals surface area contributed by atoms with Crippen molar-refractivity contribution in [2.45, 2.75) is 20.1 Å². The number of rotatable bonds is 7. The summed E-state index contributed by atoms with van der Waals surface area (Å²) in [5.41, 5.74) is 1.44. The van der Waals surface area contributed by atoms with E-state index < -0.39 is 5.91 Å². The van der Waals surface area contributed by atoms with E-state index in [1.807, 2.05) is 18.2 Å². The highest BCUT2D eigenvalue weighted by atomic mass is 35.5. The molecule has 28 heavy (non-hydrogen) atoms. The first-order valence-electron chi connectivity index (χ1n) is 8.36. The molecule has 0 atom stereocenters. The van der Waals surface area contributed by atoms with Crippen molar-refractivity contribution >= 4 is 29.1 Å². The Morgan fingerprint density at radius 3 is 2.61 bits per heavy atom. The van der Waals surface area contributed by atoms with Crippen molar-refractivity contribution in [2.75, 3.05) is 5.32 Å². The molecule has 9 heteroatoms. The second kappa shape index (κ2) is 9.01. The molecule has 2 amide bonds. The lowest BCUT2D eigenvalue weighted by molar-refractivity contribution is -0.114. The summed E-state index contributed by atoms with van der Waals surface area (Å²) in [7, 11) is 0. The Kier molecular flexibility index (Phi) is 6.23. The van der Waals surface area contributed by atoms with Crippen LogP contribution in [0.15, 0.2) is 53.1 Å². The van der Waals surface area contributed by atoms with Gasteiger partial charge in [-0.15, -0.1) is 0 Å². The molecule has 0 aliphatic heterocycles. The number of hydrogen-bond acceptors (Lipinski definition) is 6. The van der Waals surface area contributed by atoms with E-state index in [1.165, 1.54) is 6.92 Å². The average molecular weight is 401 g/mol. The zero-order valence-corrected chi connectivity index (χ0v) is 15.7. The lowest BCUT2D eigenvalue weighted by Crippen LogP contribution is -2.23. The van der Waals surface area contributed by atoms with Gasteiger partial charge in [0.25, 0.3) is 0 Å². The number of carbonyl (C=O) groups is 2. The Balaban J connectivity index is 1.51. The van der Waals surface area contributed by atoms with Gasteiger partial charge in [0.05, 0.1) is 0 Å². The number of hydrogen-bond donors (Lipinski definition) is 2. The molecule has 3 aromatic rings. The second-order valence-electron chi connectivity index (χ2n) is 5.78. The Labute approximate surface area is 165 Å². The van der Waals surface area contributed by atoms with Crippen molar-refractivity contribution in [3.05, 3.63) is 70.8 Å². The minimum atomic E-state index is -0.502. The zero-order chi connectivity index (χ0) is 19.9. The maximum absolute atomic E-state index is 12.1. The quantitative estimate of drug-likeness (QED) is 0.630. The predicted octanol–water partition coefficient (Wildman–Crippen LogP) is 3.19. The van der Waals surface area contributed by atoms with Crippen LogP contribution in [-0.2, 0) is 17.9 Å². The molecular weight excluding hydrogens is 384 g/mol. The SMILES string of the molecule is CC(=O)Nc1ccc(OCc2noc(C(=O)NCc3ccccc3Cl)n2)cc1. The van der Waals surface area contributed by atoms with E-state index in [9.17, 15) is 9.59 Å². The highest BCUT2D eigenvalue weighted by Gasteiger charge is 2.15. The van der Waals surface area contributed by atoms with Crippen molar-refractivity contribution in [2.24, 2.45) is 0 Å². The van der Waals surface area contributed by atoms with Gasteiger partial charge in [-0.1, -0.05) is 35.0 Å². The molecular formula is C19H17ClN4O4. The van der Waals surface area contributed by atoms with Crippen LogP contribution in [0, 0.1) is 0 Å². The van der Waals surface area contributed by atoms with E-state index in [4.69, 9.17) is 20.9 Å². The number of halogens is 1. The third-order valence-corrected chi connectivity index (χ3v) is 3.97. The number of amides is 2. The van der Waals surface area contributed by atoms with E-state index in [0.29, 0.717) is 16.5 Å². The van der Waals surface area contributed by atoms with Crippen molar-refractivity contribution in [3.8, 4) is 5.75 Å². The number of carbonyl (C=O) groups excluding carboxylic acids is 2. The van der Waals surface area contributed by atoms with E-state index >= 15 is 0 Å². The van der Waals surface area contributed by atoms with Crippen LogP contribution in [0.5, 0.6) is 5.75 Å². The van der Waals surface area contributed by atoms with Crippen molar-refractivity contribution in [1.82, 2.24) is 15.5 Å². The van der Waals surface area contributed by atoms with Crippen LogP contribution in [0.2, 0.25) is 5.02 Å². The summed E-state index contributed by atoms with van der Waals surface area (Å²) in [6, 6.07) is 14.0. The molecule has 0 unspecified atom stereocenters. The Bertz CT molecular complexity index is 972. The number of benzene rings is 2. The van der Waals surface area contributed by atoms with Crippen LogP contribution in [0.1, 0.15) is 29.0 Å². The van der Waals surface area contributed by atoms with E-state index in [0.717, 1.165) is 5.56 Å². The summed E-state index contributed by atoms with van der Waals surface area (Å²) < 4.78 is 10.5. The van der Waals surface area contributed by atoms with Gasteiger partial charge < -0.3 is 19.9 Å². The molecule has 0 saturated heterocycles. The van der Waals surface area contributed by atoms with Gasteiger partial charge in [0, 0.05) is 24.2 Å². The minimum absolute atomic E-state index is 0.0285. The standard InChI is InChI=1S/C19H17ClN4O4/c1-12(25)22-14-6-8-15(9-7-14)27-11-17-23-19(28-24-17)18(26)21-10-13-4-2-3-5-16(13)20/h2-9H,10-11H2,1H3,(H,21,26)(H,22,25). The third kappa shape index (κ3) is 5.31. The van der Waals surface area contributed by atoms with Gasteiger partial charge in [0.15, 0.2) is 6.61 Å². The fraction of sp³-hybridized carbons (Fsp3) is 0.158. The summed E-state index contributed by atoms with van der Waals surface area (Å²) in [5.74, 6) is -0.0248. The van der Waals surface area contributed by atoms with Gasteiger partial charge in [-0.3, -0.25) is 9.59 Å². The van der Waals surface area contributed by atoms with Crippen molar-refractivity contribution < 1.29 is 18.8 Å². The van der Waals surface area contributed by atoms with E-state index in [2.05, 4.69) is 20.8 Å². The molecule has 2 aromatic carbocycles. The number of aromatic nitrogens is 2. The molecule has 0 bridgehead atoms. The summed E-state index contributed by atoms with van der Waals surface area (Å²) in [5, 5.41) is 9.62. The van der Waals surface area contributed by atoms with Crippen LogP contribution in [-0.4, -0.2) is 22.0 Å². The molecule has 0 aliphatic carbocycles. The van der Waals surface area contributed by atoms with Gasteiger partial charge in [0.1, 0.15) is 5.75 Å². The summed E-state index contributed by atoms with van der Waals surface area (Å²) in [6.45, 7) is 1.71. The molecule has 2 N–H and O–H groups in total. The first kappa shape index (κ1) is 19.4. The summed E-state index contributed by atoms with van der Waals surface area (Å²) >= 11 is 6.05. The minimum Gasteiger partial charge on any atom is -0.485 e. The molecule has 3 rings (SSSR count). The number of nitrogens with zero attached hydrogens (tertiary/aromatic N) is 2. The highest BCUT2D eigenvalue weighted by molar-refractivity contribution is 6.31. The van der Waals surface area contributed by atoms with Crippen LogP contribution in [0.3, 0.4) is 0 Å². The molecule has 0 aliphatic rings. The summed E-state index contributed by atoms with van der Waals surface area (Å²) in [4.78, 5) is 27.1. The lowest BCUT2D eigenvalue weighted by Gasteiger charge is -2.05. The first-order chi connectivity index (χ1) is 13.5. The van der Waals surface area contributed by atoms with Gasteiger partial charge in [0.2, 0.25) is 11.7 Å². The molecule has 0 radical (unpaired) electrons. The monoisotopic (exact) mass is 400 g/mol. The van der Waals surface area contributed by atoms with Gasteiger partial charge in [-0.05, 0) is 35.9 Å². The normalized spacial score (nSPS) is 10.4. The van der Waals surface area contributed by atoms with Crippen molar-refractivity contribution in [1.29, 1.82) is 0 Å². The zero-order valence-electron chi connectivity index (χ0n) is 14.9. The molecule has 1 aromatic heterocycles. The predicted molar refractivity (Wildman–Crippen MR) is 102 cm³/mol. The molecule has 1 heterocycles. The largest absolute Gasteiger partial charge is 0.485 e. The Hall–Kier alpha value is -3.39. The molecule has 144 valence electrons. The number of ether oxygens (including phenoxy) is 1. The van der Waals surface area contributed by atoms with Crippen LogP contribution >= 0.6 is 11.6 Å². The molecule has 0 spiro atoms. The van der Waals surface area contributed by atoms with E-state index in [-0.39, 0.29) is 30.8 Å². The first-order valence-corrected chi connectivity index (χ1v) is 8.73. The Morgan fingerprint density at radius 2 is 1.89 bits per heavy atom. The smallest absolute Gasteiger partial charge is 0.316 e. The molecule has 0 fully saturated rings. The van der Waals surface area contributed by atoms with Crippen LogP contribution in [0.25, 0.3) is 0 Å². The maximum atomic E-state index is 12.1. The number of anilines is 1. The number of nitrogens with one attached hydrogen (secondary N) is 2. The fourth-order valence-electron chi connectivity index (χ4n) is 2.28. The molecule has 0 saturated carbocycles. The third-order valence-electron chi connectivity index (χ3n) is 3.60. The van der Waals surface area contributed by atoms with Crippen LogP contribution in [0.4, 0.5) is 5.69 Å². The fourth-order valence-corrected chi connectivity index (χ4v) is 2.49. The highest BCUT2D eigenvalue weighted by Crippen LogP contribution is 2.17. The van der Waals surface area contributed by atoms with Gasteiger partial charge >= 0.3 is 11.8 Å². The average Bonchev–Trinajstić information content (AvgIpc) is 3.15. The van der Waals surface area contributed by atoms with E-state index in [1.54, 1.807) is 30.3 Å².